The molecule has 25 heavy (non-hydrogen) atoms. The van der Waals surface area contributed by atoms with Crippen molar-refractivity contribution in [2.24, 2.45) is 0 Å². The van der Waals surface area contributed by atoms with E-state index in [0.29, 0.717) is 6.54 Å². The molecule has 1 unspecified atom stereocenters. The van der Waals surface area contributed by atoms with E-state index in [0.717, 1.165) is 53.4 Å². The fraction of sp³-hybridized carbons (Fsp3) is 0.350. The molecule has 0 bridgehead atoms. The highest BCUT2D eigenvalue weighted by Crippen LogP contribution is 2.30. The van der Waals surface area contributed by atoms with E-state index in [-0.39, 0.29) is 12.6 Å². The minimum Gasteiger partial charge on any atom is -0.394 e. The van der Waals surface area contributed by atoms with Crippen LogP contribution in [0.3, 0.4) is 0 Å². The topological polar surface area (TPSA) is 41.3 Å². The van der Waals surface area contributed by atoms with Crippen LogP contribution in [0, 0.1) is 0 Å². The molecule has 3 aromatic rings. The lowest BCUT2D eigenvalue weighted by Crippen LogP contribution is -2.43. The van der Waals surface area contributed by atoms with E-state index in [1.807, 2.05) is 36.4 Å². The van der Waals surface area contributed by atoms with Crippen molar-refractivity contribution in [3.05, 3.63) is 59.1 Å². The Bertz CT molecular complexity index is 876. The summed E-state index contributed by atoms with van der Waals surface area (Å²) in [6, 6.07) is 16.3. The molecule has 4 rings (SSSR count). The average molecular weight is 356 g/mol. The molecule has 2 aromatic carbocycles. The van der Waals surface area contributed by atoms with Crippen molar-refractivity contribution in [1.29, 1.82) is 0 Å². The van der Waals surface area contributed by atoms with Crippen LogP contribution in [0.1, 0.15) is 24.8 Å². The van der Waals surface area contributed by atoms with Gasteiger partial charge < -0.3 is 14.6 Å². The van der Waals surface area contributed by atoms with E-state index in [1.165, 1.54) is 0 Å². The van der Waals surface area contributed by atoms with Gasteiger partial charge in [0.25, 0.3) is 0 Å². The maximum absolute atomic E-state index is 9.82. The summed E-state index contributed by atoms with van der Waals surface area (Å²) in [7, 11) is 0. The SMILES string of the molecule is OCC1CCCCN1c1nc2ccccc2n1Cc1ccccc1Cl. The van der Waals surface area contributed by atoms with E-state index in [4.69, 9.17) is 16.6 Å². The molecular formula is C20H22ClN3O. The van der Waals surface area contributed by atoms with Gasteiger partial charge in [-0.15, -0.1) is 0 Å². The van der Waals surface area contributed by atoms with Crippen LogP contribution in [0.25, 0.3) is 11.0 Å². The minimum atomic E-state index is 0.135. The zero-order valence-corrected chi connectivity index (χ0v) is 14.9. The second-order valence-corrected chi connectivity index (χ2v) is 7.01. The number of piperidine rings is 1. The zero-order valence-electron chi connectivity index (χ0n) is 14.1. The molecule has 130 valence electrons. The Hall–Kier alpha value is -2.04. The number of rotatable bonds is 4. The molecule has 1 saturated heterocycles. The number of aliphatic hydroxyl groups excluding tert-OH is 1. The molecule has 1 aliphatic rings. The molecule has 2 heterocycles. The summed E-state index contributed by atoms with van der Waals surface area (Å²) in [6.07, 6.45) is 3.30. The molecule has 1 atom stereocenters. The maximum Gasteiger partial charge on any atom is 0.207 e. The first-order chi connectivity index (χ1) is 12.3. The van der Waals surface area contributed by atoms with Crippen LogP contribution in [0.5, 0.6) is 0 Å². The van der Waals surface area contributed by atoms with E-state index in [2.05, 4.69) is 21.6 Å². The van der Waals surface area contributed by atoms with Gasteiger partial charge >= 0.3 is 0 Å². The first kappa shape index (κ1) is 16.4. The third-order valence-electron chi connectivity index (χ3n) is 5.02. The van der Waals surface area contributed by atoms with Gasteiger partial charge in [0.1, 0.15) is 0 Å². The number of anilines is 1. The Kier molecular flexibility index (Phi) is 4.64. The second kappa shape index (κ2) is 7.06. The van der Waals surface area contributed by atoms with Crippen LogP contribution in [0.2, 0.25) is 5.02 Å². The summed E-state index contributed by atoms with van der Waals surface area (Å²) >= 11 is 6.40. The Morgan fingerprint density at radius 1 is 1.08 bits per heavy atom. The third kappa shape index (κ3) is 3.12. The Morgan fingerprint density at radius 2 is 1.88 bits per heavy atom. The Labute approximate surface area is 152 Å². The third-order valence-corrected chi connectivity index (χ3v) is 5.38. The fourth-order valence-corrected chi connectivity index (χ4v) is 3.88. The van der Waals surface area contributed by atoms with Crippen LogP contribution in [0.4, 0.5) is 5.95 Å². The molecule has 1 N–H and O–H groups in total. The number of halogens is 1. The monoisotopic (exact) mass is 355 g/mol. The number of nitrogens with zero attached hydrogens (tertiary/aromatic N) is 3. The molecule has 0 amide bonds. The van der Waals surface area contributed by atoms with Crippen molar-refractivity contribution >= 4 is 28.6 Å². The lowest BCUT2D eigenvalue weighted by molar-refractivity contribution is 0.238. The number of aliphatic hydroxyl groups is 1. The largest absolute Gasteiger partial charge is 0.394 e. The van der Waals surface area contributed by atoms with Crippen LogP contribution < -0.4 is 4.90 Å². The predicted molar refractivity (Wildman–Crippen MR) is 102 cm³/mol. The van der Waals surface area contributed by atoms with Crippen molar-refractivity contribution in [3.63, 3.8) is 0 Å². The zero-order chi connectivity index (χ0) is 17.2. The highest BCUT2D eigenvalue weighted by Gasteiger charge is 2.26. The number of hydrogen-bond acceptors (Lipinski definition) is 3. The van der Waals surface area contributed by atoms with Gasteiger partial charge in [0.15, 0.2) is 0 Å². The van der Waals surface area contributed by atoms with Gasteiger partial charge in [-0.1, -0.05) is 41.9 Å². The van der Waals surface area contributed by atoms with Gasteiger partial charge in [-0.3, -0.25) is 0 Å². The van der Waals surface area contributed by atoms with Crippen LogP contribution in [-0.4, -0.2) is 33.9 Å². The summed E-state index contributed by atoms with van der Waals surface area (Å²) in [5.74, 6) is 0.930. The predicted octanol–water partition coefficient (Wildman–Crippen LogP) is 4.09. The number of aromatic nitrogens is 2. The first-order valence-corrected chi connectivity index (χ1v) is 9.22. The molecule has 4 nitrogen and oxygen atoms in total. The van der Waals surface area contributed by atoms with E-state index >= 15 is 0 Å². The van der Waals surface area contributed by atoms with Crippen LogP contribution in [-0.2, 0) is 6.54 Å². The summed E-state index contributed by atoms with van der Waals surface area (Å²) in [4.78, 5) is 7.16. The first-order valence-electron chi connectivity index (χ1n) is 8.84. The summed E-state index contributed by atoms with van der Waals surface area (Å²) < 4.78 is 2.23. The van der Waals surface area contributed by atoms with Crippen LogP contribution >= 0.6 is 11.6 Å². The second-order valence-electron chi connectivity index (χ2n) is 6.60. The van der Waals surface area contributed by atoms with Crippen molar-refractivity contribution < 1.29 is 5.11 Å². The minimum absolute atomic E-state index is 0.135. The molecular weight excluding hydrogens is 334 g/mol. The normalized spacial score (nSPS) is 18.0. The van der Waals surface area contributed by atoms with Gasteiger partial charge in [-0.25, -0.2) is 4.98 Å². The number of imidazole rings is 1. The molecule has 0 radical (unpaired) electrons. The van der Waals surface area contributed by atoms with E-state index < -0.39 is 0 Å². The standard InChI is InChI=1S/C20H22ClN3O/c21-17-9-2-1-7-15(17)13-24-19-11-4-3-10-18(19)22-20(24)23-12-6-5-8-16(23)14-25/h1-4,7,9-11,16,25H,5-6,8,12-14H2. The van der Waals surface area contributed by atoms with Gasteiger partial charge in [0.2, 0.25) is 5.95 Å². The van der Waals surface area contributed by atoms with E-state index in [1.54, 1.807) is 0 Å². The van der Waals surface area contributed by atoms with Gasteiger partial charge in [-0.2, -0.15) is 0 Å². The summed E-state index contributed by atoms with van der Waals surface area (Å²) in [5.41, 5.74) is 3.15. The molecule has 1 aromatic heterocycles. The molecule has 0 spiro atoms. The summed E-state index contributed by atoms with van der Waals surface area (Å²) in [5, 5.41) is 10.6. The number of fused-ring (bicyclic) bond motifs is 1. The Morgan fingerprint density at radius 3 is 2.72 bits per heavy atom. The van der Waals surface area contributed by atoms with Crippen LogP contribution in [0.15, 0.2) is 48.5 Å². The molecule has 1 aliphatic heterocycles. The molecule has 1 fully saturated rings. The number of hydrogen-bond donors (Lipinski definition) is 1. The van der Waals surface area contributed by atoms with Crippen molar-refractivity contribution in [2.45, 2.75) is 31.8 Å². The quantitative estimate of drug-likeness (QED) is 0.766. The van der Waals surface area contributed by atoms with Crippen molar-refractivity contribution in [1.82, 2.24) is 9.55 Å². The van der Waals surface area contributed by atoms with Crippen molar-refractivity contribution in [3.8, 4) is 0 Å². The average Bonchev–Trinajstić information content (AvgIpc) is 3.02. The lowest BCUT2D eigenvalue weighted by atomic mass is 10.0. The van der Waals surface area contributed by atoms with Gasteiger partial charge in [0, 0.05) is 11.6 Å². The number of benzene rings is 2. The molecule has 5 heteroatoms. The highest BCUT2D eigenvalue weighted by atomic mass is 35.5. The Balaban J connectivity index is 1.82. The maximum atomic E-state index is 9.82. The van der Waals surface area contributed by atoms with E-state index in [9.17, 15) is 5.11 Å². The highest BCUT2D eigenvalue weighted by molar-refractivity contribution is 6.31. The smallest absolute Gasteiger partial charge is 0.207 e. The van der Waals surface area contributed by atoms with Crippen molar-refractivity contribution in [2.75, 3.05) is 18.1 Å². The molecule has 0 saturated carbocycles. The number of para-hydroxylation sites is 2. The van der Waals surface area contributed by atoms with Gasteiger partial charge in [-0.05, 0) is 43.0 Å². The fourth-order valence-electron chi connectivity index (χ4n) is 3.69. The lowest BCUT2D eigenvalue weighted by Gasteiger charge is -2.35. The summed E-state index contributed by atoms with van der Waals surface area (Å²) in [6.45, 7) is 1.76. The van der Waals surface area contributed by atoms with Gasteiger partial charge in [0.05, 0.1) is 30.2 Å². The molecule has 0 aliphatic carbocycles.